The van der Waals surface area contributed by atoms with Crippen molar-refractivity contribution in [1.82, 2.24) is 25.3 Å². The molecule has 1 aliphatic rings. The SMILES string of the molecule is CN1CCN(CCNC(=CO)N(Cc2ccc(-c3nnc(C(F)F)o3)cc2F)c2ccccc2)CC1. The summed E-state index contributed by atoms with van der Waals surface area (Å²) in [5.41, 5.74) is 1.29. The molecule has 0 saturated carbocycles. The number of rotatable bonds is 10. The number of alkyl halides is 2. The summed E-state index contributed by atoms with van der Waals surface area (Å²) >= 11 is 0. The molecule has 3 aromatic rings. The zero-order valence-electron chi connectivity index (χ0n) is 19.9. The lowest BCUT2D eigenvalue weighted by Gasteiger charge is -2.33. The van der Waals surface area contributed by atoms with E-state index >= 15 is 4.39 Å². The molecule has 1 aromatic heterocycles. The molecule has 192 valence electrons. The van der Waals surface area contributed by atoms with Gasteiger partial charge in [0.1, 0.15) is 17.9 Å². The Morgan fingerprint density at radius 2 is 1.89 bits per heavy atom. The number of benzene rings is 2. The van der Waals surface area contributed by atoms with Crippen molar-refractivity contribution in [2.24, 2.45) is 0 Å². The summed E-state index contributed by atoms with van der Waals surface area (Å²) in [7, 11) is 2.11. The van der Waals surface area contributed by atoms with Gasteiger partial charge in [-0.25, -0.2) is 4.39 Å². The van der Waals surface area contributed by atoms with Crippen LogP contribution in [-0.4, -0.2) is 71.4 Å². The molecule has 11 heteroatoms. The van der Waals surface area contributed by atoms with E-state index in [9.17, 15) is 13.9 Å². The molecule has 1 fully saturated rings. The summed E-state index contributed by atoms with van der Waals surface area (Å²) in [6.45, 7) is 5.51. The number of aromatic nitrogens is 2. The summed E-state index contributed by atoms with van der Waals surface area (Å²) < 4.78 is 45.5. The number of likely N-dealkylation sites (N-methyl/N-ethyl adjacent to an activating group) is 1. The normalized spacial score (nSPS) is 15.4. The fourth-order valence-corrected chi connectivity index (χ4v) is 3.97. The van der Waals surface area contributed by atoms with Crippen LogP contribution in [0.25, 0.3) is 11.5 Å². The second-order valence-corrected chi connectivity index (χ2v) is 8.56. The second kappa shape index (κ2) is 11.9. The van der Waals surface area contributed by atoms with Crippen molar-refractivity contribution in [2.45, 2.75) is 13.0 Å². The number of hydrogen-bond acceptors (Lipinski definition) is 8. The van der Waals surface area contributed by atoms with Gasteiger partial charge in [-0.2, -0.15) is 8.78 Å². The molecule has 2 N–H and O–H groups in total. The number of halogens is 3. The molecule has 0 unspecified atom stereocenters. The van der Waals surface area contributed by atoms with E-state index in [0.29, 0.717) is 17.9 Å². The molecular weight excluding hydrogens is 473 g/mol. The van der Waals surface area contributed by atoms with Crippen LogP contribution < -0.4 is 10.2 Å². The molecule has 0 amide bonds. The van der Waals surface area contributed by atoms with Crippen LogP contribution in [0.4, 0.5) is 18.9 Å². The van der Waals surface area contributed by atoms with Gasteiger partial charge in [0.2, 0.25) is 5.89 Å². The lowest BCUT2D eigenvalue weighted by atomic mass is 10.1. The van der Waals surface area contributed by atoms with Gasteiger partial charge in [-0.1, -0.05) is 24.3 Å². The topological polar surface area (TPSA) is 80.9 Å². The smallest absolute Gasteiger partial charge is 0.314 e. The van der Waals surface area contributed by atoms with E-state index in [2.05, 4.69) is 32.4 Å². The summed E-state index contributed by atoms with van der Waals surface area (Å²) in [5.74, 6) is -1.14. The Morgan fingerprint density at radius 3 is 2.53 bits per heavy atom. The maximum absolute atomic E-state index is 15.1. The van der Waals surface area contributed by atoms with Crippen molar-refractivity contribution in [3.63, 3.8) is 0 Å². The lowest BCUT2D eigenvalue weighted by molar-refractivity contribution is 0.116. The van der Waals surface area contributed by atoms with Crippen molar-refractivity contribution in [2.75, 3.05) is 51.2 Å². The Kier molecular flexibility index (Phi) is 8.44. The molecule has 1 saturated heterocycles. The number of aliphatic hydroxyl groups excluding tert-OH is 1. The van der Waals surface area contributed by atoms with Crippen LogP contribution >= 0.6 is 0 Å². The Balaban J connectivity index is 1.48. The quantitative estimate of drug-likeness (QED) is 0.403. The van der Waals surface area contributed by atoms with E-state index < -0.39 is 18.1 Å². The molecule has 2 aromatic carbocycles. The third-order valence-corrected chi connectivity index (χ3v) is 6.07. The molecule has 4 rings (SSSR count). The predicted octanol–water partition coefficient (Wildman–Crippen LogP) is 4.01. The van der Waals surface area contributed by atoms with Gasteiger partial charge in [-0.05, 0) is 31.3 Å². The first kappa shape index (κ1) is 25.5. The largest absolute Gasteiger partial charge is 0.512 e. The van der Waals surface area contributed by atoms with Gasteiger partial charge in [0.25, 0.3) is 5.89 Å². The first-order valence-corrected chi connectivity index (χ1v) is 11.7. The van der Waals surface area contributed by atoms with Gasteiger partial charge in [-0.3, -0.25) is 4.90 Å². The third kappa shape index (κ3) is 6.35. The number of nitrogens with one attached hydrogen (secondary N) is 1. The Bertz CT molecular complexity index is 1150. The molecule has 0 bridgehead atoms. The van der Waals surface area contributed by atoms with Crippen LogP contribution in [0, 0.1) is 5.82 Å². The average Bonchev–Trinajstić information content (AvgIpc) is 3.39. The molecule has 1 aliphatic heterocycles. The van der Waals surface area contributed by atoms with Crippen molar-refractivity contribution >= 4 is 5.69 Å². The number of para-hydroxylation sites is 1. The van der Waals surface area contributed by atoms with Gasteiger partial charge in [-0.15, -0.1) is 10.2 Å². The standard InChI is InChI=1S/C25H29F3N6O2/c1-32-11-13-33(14-12-32)10-9-29-22(17-35)34(20-5-3-2-4-6-20)16-19-8-7-18(15-21(19)26)24-30-31-25(36-24)23(27)28/h2-8,15,17,23,29,35H,9-14,16H2,1H3. The summed E-state index contributed by atoms with van der Waals surface area (Å²) in [5, 5.41) is 20.2. The van der Waals surface area contributed by atoms with Gasteiger partial charge in [0, 0.05) is 56.1 Å². The van der Waals surface area contributed by atoms with Crippen molar-refractivity contribution in [1.29, 1.82) is 0 Å². The molecule has 8 nitrogen and oxygen atoms in total. The van der Waals surface area contributed by atoms with Crippen molar-refractivity contribution in [3.8, 4) is 11.5 Å². The van der Waals surface area contributed by atoms with E-state index in [1.165, 1.54) is 18.2 Å². The van der Waals surface area contributed by atoms with Crippen LogP contribution in [0.3, 0.4) is 0 Å². The highest BCUT2D eigenvalue weighted by Gasteiger charge is 2.20. The Morgan fingerprint density at radius 1 is 1.14 bits per heavy atom. The van der Waals surface area contributed by atoms with Crippen LogP contribution in [0.5, 0.6) is 0 Å². The minimum absolute atomic E-state index is 0.107. The number of anilines is 1. The molecular formula is C25H29F3N6O2. The van der Waals surface area contributed by atoms with Crippen LogP contribution in [0.15, 0.2) is 65.0 Å². The highest BCUT2D eigenvalue weighted by atomic mass is 19.3. The summed E-state index contributed by atoms with van der Waals surface area (Å²) in [6, 6.07) is 13.6. The third-order valence-electron chi connectivity index (χ3n) is 6.07. The second-order valence-electron chi connectivity index (χ2n) is 8.56. The van der Waals surface area contributed by atoms with Gasteiger partial charge < -0.3 is 24.6 Å². The number of aliphatic hydroxyl groups is 1. The molecule has 0 atom stereocenters. The van der Waals surface area contributed by atoms with Crippen LogP contribution in [-0.2, 0) is 6.54 Å². The average molecular weight is 503 g/mol. The van der Waals surface area contributed by atoms with Crippen molar-refractivity contribution in [3.05, 3.63) is 77.9 Å². The minimum Gasteiger partial charge on any atom is -0.512 e. The zero-order chi connectivity index (χ0) is 25.5. The number of hydrogen-bond donors (Lipinski definition) is 2. The molecule has 0 spiro atoms. The van der Waals surface area contributed by atoms with Gasteiger partial charge in [0.05, 0.1) is 6.54 Å². The fourth-order valence-electron chi connectivity index (χ4n) is 3.97. The maximum Gasteiger partial charge on any atom is 0.314 e. The first-order valence-electron chi connectivity index (χ1n) is 11.7. The van der Waals surface area contributed by atoms with E-state index in [0.717, 1.165) is 44.7 Å². The Hall–Kier alpha value is -3.57. The lowest BCUT2D eigenvalue weighted by Crippen LogP contribution is -2.47. The monoisotopic (exact) mass is 502 g/mol. The van der Waals surface area contributed by atoms with Crippen LogP contribution in [0.2, 0.25) is 0 Å². The Labute approximate surface area is 207 Å². The fraction of sp³-hybridized carbons (Fsp3) is 0.360. The van der Waals surface area contributed by atoms with Gasteiger partial charge in [0.15, 0.2) is 0 Å². The first-order chi connectivity index (χ1) is 17.4. The molecule has 2 heterocycles. The number of nitrogens with zero attached hydrogens (tertiary/aromatic N) is 5. The highest BCUT2D eigenvalue weighted by molar-refractivity contribution is 5.55. The van der Waals surface area contributed by atoms with Gasteiger partial charge >= 0.3 is 6.43 Å². The predicted molar refractivity (Wildman–Crippen MR) is 130 cm³/mol. The van der Waals surface area contributed by atoms with Crippen molar-refractivity contribution < 1.29 is 22.7 Å². The van der Waals surface area contributed by atoms with Crippen LogP contribution in [0.1, 0.15) is 17.9 Å². The van der Waals surface area contributed by atoms with E-state index in [1.54, 1.807) is 4.90 Å². The molecule has 36 heavy (non-hydrogen) atoms. The van der Waals surface area contributed by atoms with E-state index in [1.807, 2.05) is 30.3 Å². The number of piperazine rings is 1. The highest BCUT2D eigenvalue weighted by Crippen LogP contribution is 2.27. The molecule has 0 aliphatic carbocycles. The molecule has 0 radical (unpaired) electrons. The van der Waals surface area contributed by atoms with E-state index in [4.69, 9.17) is 4.42 Å². The zero-order valence-corrected chi connectivity index (χ0v) is 19.9. The minimum atomic E-state index is -2.90. The van der Waals surface area contributed by atoms with E-state index in [-0.39, 0.29) is 18.0 Å². The summed E-state index contributed by atoms with van der Waals surface area (Å²) in [6.07, 6.45) is -1.92. The maximum atomic E-state index is 15.1. The summed E-state index contributed by atoms with van der Waals surface area (Å²) in [4.78, 5) is 6.41.